The first-order valence-electron chi connectivity index (χ1n) is 7.29. The third kappa shape index (κ3) is 3.71. The predicted molar refractivity (Wildman–Crippen MR) is 87.5 cm³/mol. The first-order chi connectivity index (χ1) is 10.8. The van der Waals surface area contributed by atoms with Crippen molar-refractivity contribution < 1.29 is 4.79 Å². The Kier molecular flexibility index (Phi) is 4.46. The summed E-state index contributed by atoms with van der Waals surface area (Å²) >= 11 is 0. The molecule has 22 heavy (non-hydrogen) atoms. The van der Waals surface area contributed by atoms with Crippen molar-refractivity contribution in [3.8, 4) is 0 Å². The molecule has 0 aliphatic heterocycles. The summed E-state index contributed by atoms with van der Waals surface area (Å²) in [5.74, 6) is 0.00315. The van der Waals surface area contributed by atoms with Crippen LogP contribution < -0.4 is 10.6 Å². The minimum absolute atomic E-state index is 0.00315. The van der Waals surface area contributed by atoms with Crippen molar-refractivity contribution in [1.82, 2.24) is 15.5 Å². The lowest BCUT2D eigenvalue weighted by Crippen LogP contribution is -2.21. The third-order valence-electron chi connectivity index (χ3n) is 3.42. The van der Waals surface area contributed by atoms with Gasteiger partial charge in [-0.3, -0.25) is 9.89 Å². The van der Waals surface area contributed by atoms with Gasteiger partial charge >= 0.3 is 0 Å². The van der Waals surface area contributed by atoms with E-state index < -0.39 is 0 Å². The van der Waals surface area contributed by atoms with Crippen LogP contribution in [-0.2, 0) is 11.3 Å². The average Bonchev–Trinajstić information content (AvgIpc) is 3.00. The lowest BCUT2D eigenvalue weighted by atomic mass is 10.2. The van der Waals surface area contributed by atoms with Gasteiger partial charge in [0.15, 0.2) is 0 Å². The number of benzene rings is 2. The van der Waals surface area contributed by atoms with Crippen molar-refractivity contribution in [3.05, 3.63) is 60.3 Å². The number of nitrogens with one attached hydrogen (secondary N) is 3. The minimum Gasteiger partial charge on any atom is -0.326 e. The molecule has 1 aromatic heterocycles. The molecule has 0 unspecified atom stereocenters. The van der Waals surface area contributed by atoms with Gasteiger partial charge in [-0.15, -0.1) is 0 Å². The number of aromatic nitrogens is 2. The van der Waals surface area contributed by atoms with Crippen LogP contribution in [0.5, 0.6) is 0 Å². The Morgan fingerprint density at radius 3 is 2.86 bits per heavy atom. The topological polar surface area (TPSA) is 69.8 Å². The van der Waals surface area contributed by atoms with Crippen LogP contribution in [0.2, 0.25) is 0 Å². The molecule has 0 aliphatic rings. The first-order valence-corrected chi connectivity index (χ1v) is 7.29. The Labute approximate surface area is 128 Å². The van der Waals surface area contributed by atoms with Gasteiger partial charge in [-0.1, -0.05) is 30.3 Å². The molecule has 5 heteroatoms. The molecule has 0 atom stereocenters. The zero-order valence-electron chi connectivity index (χ0n) is 12.2. The number of carbonyl (C=O) groups is 1. The van der Waals surface area contributed by atoms with Crippen molar-refractivity contribution in [3.63, 3.8) is 0 Å². The molecule has 1 heterocycles. The maximum atomic E-state index is 11.9. The van der Waals surface area contributed by atoms with Crippen molar-refractivity contribution in [2.75, 3.05) is 11.9 Å². The summed E-state index contributed by atoms with van der Waals surface area (Å²) in [6.07, 6.45) is 2.18. The second-order valence-electron chi connectivity index (χ2n) is 5.13. The van der Waals surface area contributed by atoms with Gasteiger partial charge in [0, 0.05) is 30.6 Å². The molecule has 3 rings (SSSR count). The van der Waals surface area contributed by atoms with E-state index in [9.17, 15) is 4.79 Å². The number of fused-ring (bicyclic) bond motifs is 1. The average molecular weight is 294 g/mol. The maximum absolute atomic E-state index is 11.9. The molecule has 0 spiro atoms. The smallest absolute Gasteiger partial charge is 0.225 e. The van der Waals surface area contributed by atoms with Gasteiger partial charge in [-0.2, -0.15) is 5.10 Å². The van der Waals surface area contributed by atoms with E-state index in [0.29, 0.717) is 13.0 Å². The van der Waals surface area contributed by atoms with E-state index in [0.717, 1.165) is 23.1 Å². The normalized spacial score (nSPS) is 10.7. The molecule has 0 saturated heterocycles. The molecule has 0 radical (unpaired) electrons. The second-order valence-corrected chi connectivity index (χ2v) is 5.13. The number of H-pyrrole nitrogens is 1. The molecular weight excluding hydrogens is 276 g/mol. The van der Waals surface area contributed by atoms with Crippen LogP contribution in [0.15, 0.2) is 54.7 Å². The van der Waals surface area contributed by atoms with Crippen LogP contribution in [0.3, 0.4) is 0 Å². The lowest BCUT2D eigenvalue weighted by Gasteiger charge is -2.07. The molecule has 5 nitrogen and oxygen atoms in total. The van der Waals surface area contributed by atoms with Crippen molar-refractivity contribution in [1.29, 1.82) is 0 Å². The van der Waals surface area contributed by atoms with Gasteiger partial charge < -0.3 is 10.6 Å². The number of hydrogen-bond donors (Lipinski definition) is 3. The van der Waals surface area contributed by atoms with Gasteiger partial charge in [-0.05, 0) is 23.8 Å². The Morgan fingerprint density at radius 2 is 2.00 bits per heavy atom. The van der Waals surface area contributed by atoms with Gasteiger partial charge in [0.2, 0.25) is 5.91 Å². The molecule has 1 amide bonds. The summed E-state index contributed by atoms with van der Waals surface area (Å²) in [4.78, 5) is 11.9. The van der Waals surface area contributed by atoms with Crippen LogP contribution in [0.4, 0.5) is 5.69 Å². The molecule has 2 aromatic carbocycles. The van der Waals surface area contributed by atoms with Crippen LogP contribution in [0.1, 0.15) is 12.0 Å². The molecule has 3 N–H and O–H groups in total. The second kappa shape index (κ2) is 6.87. The highest BCUT2D eigenvalue weighted by molar-refractivity contribution is 5.93. The van der Waals surface area contributed by atoms with Gasteiger partial charge in [-0.25, -0.2) is 0 Å². The number of hydrogen-bond acceptors (Lipinski definition) is 3. The fourth-order valence-electron chi connectivity index (χ4n) is 2.27. The summed E-state index contributed by atoms with van der Waals surface area (Å²) in [6, 6.07) is 15.8. The molecule has 3 aromatic rings. The Balaban J connectivity index is 1.44. The summed E-state index contributed by atoms with van der Waals surface area (Å²) < 4.78 is 0. The molecule has 0 bridgehead atoms. The first kappa shape index (κ1) is 14.3. The van der Waals surface area contributed by atoms with E-state index in [1.165, 1.54) is 5.56 Å². The van der Waals surface area contributed by atoms with Crippen LogP contribution in [-0.4, -0.2) is 22.6 Å². The van der Waals surface area contributed by atoms with Crippen LogP contribution in [0.25, 0.3) is 10.9 Å². The van der Waals surface area contributed by atoms with Gasteiger partial charge in [0.25, 0.3) is 0 Å². The van der Waals surface area contributed by atoms with Crippen molar-refractivity contribution in [2.45, 2.75) is 13.0 Å². The molecular formula is C17H18N4O. The fourth-order valence-corrected chi connectivity index (χ4v) is 2.27. The number of aromatic amines is 1. The minimum atomic E-state index is 0.00315. The Bertz CT molecular complexity index is 751. The van der Waals surface area contributed by atoms with E-state index in [4.69, 9.17) is 0 Å². The maximum Gasteiger partial charge on any atom is 0.225 e. The zero-order valence-corrected chi connectivity index (χ0v) is 12.2. The standard InChI is InChI=1S/C17H18N4O/c22-17(8-9-18-11-13-4-2-1-3-5-13)20-15-6-7-16-14(10-15)12-19-21-16/h1-7,10,12,18H,8-9,11H2,(H,19,21)(H,20,22). The highest BCUT2D eigenvalue weighted by Gasteiger charge is 2.03. The Hall–Kier alpha value is -2.66. The van der Waals surface area contributed by atoms with E-state index in [2.05, 4.69) is 33.0 Å². The highest BCUT2D eigenvalue weighted by atomic mass is 16.1. The summed E-state index contributed by atoms with van der Waals surface area (Å²) in [6.45, 7) is 1.42. The predicted octanol–water partition coefficient (Wildman–Crippen LogP) is 2.68. The lowest BCUT2D eigenvalue weighted by molar-refractivity contribution is -0.116. The van der Waals surface area contributed by atoms with E-state index in [-0.39, 0.29) is 5.91 Å². The number of anilines is 1. The van der Waals surface area contributed by atoms with Crippen LogP contribution >= 0.6 is 0 Å². The quantitative estimate of drug-likeness (QED) is 0.612. The number of rotatable bonds is 6. The fraction of sp³-hybridized carbons (Fsp3) is 0.176. The number of amides is 1. The Morgan fingerprint density at radius 1 is 1.14 bits per heavy atom. The zero-order chi connectivity index (χ0) is 15.2. The van der Waals surface area contributed by atoms with E-state index >= 15 is 0 Å². The number of nitrogens with zero attached hydrogens (tertiary/aromatic N) is 1. The summed E-state index contributed by atoms with van der Waals surface area (Å²) in [7, 11) is 0. The monoisotopic (exact) mass is 294 g/mol. The van der Waals surface area contributed by atoms with Crippen LogP contribution in [0, 0.1) is 0 Å². The van der Waals surface area contributed by atoms with Crippen molar-refractivity contribution in [2.24, 2.45) is 0 Å². The summed E-state index contributed by atoms with van der Waals surface area (Å²) in [5, 5.41) is 14.0. The van der Waals surface area contributed by atoms with E-state index in [1.807, 2.05) is 36.4 Å². The van der Waals surface area contributed by atoms with E-state index in [1.54, 1.807) is 6.20 Å². The largest absolute Gasteiger partial charge is 0.326 e. The summed E-state index contributed by atoms with van der Waals surface area (Å²) in [5.41, 5.74) is 2.97. The van der Waals surface area contributed by atoms with Gasteiger partial charge in [0.1, 0.15) is 0 Å². The molecule has 0 aliphatic carbocycles. The third-order valence-corrected chi connectivity index (χ3v) is 3.42. The highest BCUT2D eigenvalue weighted by Crippen LogP contribution is 2.16. The molecule has 0 fully saturated rings. The SMILES string of the molecule is O=C(CCNCc1ccccc1)Nc1ccc2[nH]ncc2c1. The number of carbonyl (C=O) groups excluding carboxylic acids is 1. The van der Waals surface area contributed by atoms with Gasteiger partial charge in [0.05, 0.1) is 11.7 Å². The van der Waals surface area contributed by atoms with Crippen molar-refractivity contribution >= 4 is 22.5 Å². The molecule has 112 valence electrons. The molecule has 0 saturated carbocycles.